The molecular weight excluding hydrogens is 462 g/mol. The van der Waals surface area contributed by atoms with Crippen molar-refractivity contribution in [1.29, 1.82) is 0 Å². The number of ether oxygens (including phenoxy) is 1. The number of hydrogen-bond acceptors (Lipinski definition) is 6. The molecule has 4 heterocycles. The van der Waals surface area contributed by atoms with Gasteiger partial charge in [-0.05, 0) is 30.3 Å². The summed E-state index contributed by atoms with van der Waals surface area (Å²) in [5.41, 5.74) is 4.04. The fraction of sp³-hybridized carbons (Fsp3) is 0.292. The molecule has 1 unspecified atom stereocenters. The molecule has 3 aliphatic rings. The number of anilines is 2. The minimum Gasteiger partial charge on any atom is -0.378 e. The Hall–Kier alpha value is -2.06. The molecule has 6 rings (SSSR count). The van der Waals surface area contributed by atoms with Crippen LogP contribution in [-0.2, 0) is 4.74 Å². The van der Waals surface area contributed by atoms with E-state index in [1.807, 2.05) is 0 Å². The van der Waals surface area contributed by atoms with Crippen molar-refractivity contribution in [3.05, 3.63) is 58.9 Å². The zero-order valence-electron chi connectivity index (χ0n) is 17.3. The zero-order chi connectivity index (χ0) is 21.7. The summed E-state index contributed by atoms with van der Waals surface area (Å²) in [5, 5.41) is 0. The predicted molar refractivity (Wildman–Crippen MR) is 132 cm³/mol. The van der Waals surface area contributed by atoms with Crippen LogP contribution in [0.5, 0.6) is 0 Å². The van der Waals surface area contributed by atoms with Crippen LogP contribution in [0, 0.1) is 0 Å². The van der Waals surface area contributed by atoms with Crippen molar-refractivity contribution in [1.82, 2.24) is 4.98 Å². The summed E-state index contributed by atoms with van der Waals surface area (Å²) in [6, 6.07) is 17.2. The van der Waals surface area contributed by atoms with Crippen molar-refractivity contribution in [3.63, 3.8) is 0 Å². The predicted octanol–water partition coefficient (Wildman–Crippen LogP) is 4.92. The van der Waals surface area contributed by atoms with Gasteiger partial charge in [-0.2, -0.15) is 0 Å². The zero-order valence-corrected chi connectivity index (χ0v) is 19.7. The maximum atomic E-state index is 12.5. The second-order valence-corrected chi connectivity index (χ2v) is 10.6. The van der Waals surface area contributed by atoms with Crippen LogP contribution in [0.1, 0.15) is 0 Å². The normalized spacial score (nSPS) is 19.5. The van der Waals surface area contributed by atoms with E-state index in [0.29, 0.717) is 25.1 Å². The Morgan fingerprint density at radius 3 is 2.69 bits per heavy atom. The van der Waals surface area contributed by atoms with Crippen LogP contribution in [0.25, 0.3) is 11.3 Å². The van der Waals surface area contributed by atoms with E-state index in [4.69, 9.17) is 16.3 Å². The largest absolute Gasteiger partial charge is 0.378 e. The van der Waals surface area contributed by atoms with Crippen LogP contribution in [0.2, 0.25) is 0 Å². The Labute approximate surface area is 200 Å². The fourth-order valence-electron chi connectivity index (χ4n) is 4.29. The number of aromatic amines is 1. The summed E-state index contributed by atoms with van der Waals surface area (Å²) >= 11 is 9.59. The van der Waals surface area contributed by atoms with Gasteiger partial charge in [-0.15, -0.1) is 11.6 Å². The molecule has 8 heteroatoms. The van der Waals surface area contributed by atoms with Crippen LogP contribution in [0.4, 0.5) is 11.4 Å². The second-order valence-electron chi connectivity index (χ2n) is 8.14. The van der Waals surface area contributed by atoms with E-state index < -0.39 is 0 Å². The first-order valence-electron chi connectivity index (χ1n) is 10.7. The number of nitrogens with zero attached hydrogens (tertiary/aromatic N) is 2. The van der Waals surface area contributed by atoms with Crippen LogP contribution in [-0.4, -0.2) is 49.8 Å². The van der Waals surface area contributed by atoms with Crippen molar-refractivity contribution in [2.24, 2.45) is 0 Å². The molecule has 0 aliphatic carbocycles. The highest BCUT2D eigenvalue weighted by molar-refractivity contribution is 8.05. The molecular formula is C24H22ClN3O2S2. The van der Waals surface area contributed by atoms with Crippen molar-refractivity contribution < 1.29 is 4.74 Å². The quantitative estimate of drug-likeness (QED) is 0.328. The fourth-order valence-corrected chi connectivity index (χ4v) is 6.96. The van der Waals surface area contributed by atoms with Gasteiger partial charge in [-0.3, -0.25) is 4.79 Å². The average Bonchev–Trinajstić information content (AvgIpc) is 3.62. The highest BCUT2D eigenvalue weighted by atomic mass is 35.5. The van der Waals surface area contributed by atoms with Crippen LogP contribution >= 0.6 is 35.1 Å². The molecule has 32 heavy (non-hydrogen) atoms. The van der Waals surface area contributed by atoms with Crippen LogP contribution < -0.4 is 15.4 Å². The molecule has 3 aliphatic heterocycles. The minimum absolute atomic E-state index is 0.0765. The van der Waals surface area contributed by atoms with Gasteiger partial charge in [0.05, 0.1) is 24.9 Å². The van der Waals surface area contributed by atoms with Gasteiger partial charge in [0, 0.05) is 68.1 Å². The summed E-state index contributed by atoms with van der Waals surface area (Å²) in [4.78, 5) is 25.1. The molecule has 0 radical (unpaired) electrons. The first-order chi connectivity index (χ1) is 15.7. The number of H-pyrrole nitrogens is 1. The topological polar surface area (TPSA) is 48.3 Å². The number of rotatable bonds is 4. The lowest BCUT2D eigenvalue weighted by Gasteiger charge is -2.29. The molecule has 0 amide bonds. The number of pyridine rings is 1. The Morgan fingerprint density at radius 2 is 1.88 bits per heavy atom. The molecule has 1 aromatic heterocycles. The van der Waals surface area contributed by atoms with Gasteiger partial charge in [0.25, 0.3) is 0 Å². The summed E-state index contributed by atoms with van der Waals surface area (Å²) in [6.45, 7) is 4.03. The number of hydrogen-bond donors (Lipinski definition) is 1. The van der Waals surface area contributed by atoms with Gasteiger partial charge in [-0.25, -0.2) is 0 Å². The van der Waals surface area contributed by atoms with E-state index in [1.54, 1.807) is 29.6 Å². The van der Waals surface area contributed by atoms with Gasteiger partial charge in [0.2, 0.25) is 5.56 Å². The Bertz CT molecular complexity index is 1240. The van der Waals surface area contributed by atoms with Gasteiger partial charge in [0.1, 0.15) is 0 Å². The third-order valence-corrected chi connectivity index (χ3v) is 9.01. The SMILES string of the molecule is O=c1cc(N2CCOCC2)cc(-c2cccc3c2Sc2ccc(N4CC4CCl)cc2S3)[nH]1. The lowest BCUT2D eigenvalue weighted by molar-refractivity contribution is 0.122. The molecule has 3 aromatic rings. The van der Waals surface area contributed by atoms with E-state index in [9.17, 15) is 4.79 Å². The average molecular weight is 484 g/mol. The number of alkyl halides is 1. The van der Waals surface area contributed by atoms with E-state index in [0.717, 1.165) is 36.6 Å². The highest BCUT2D eigenvalue weighted by Gasteiger charge is 2.34. The maximum absolute atomic E-state index is 12.5. The summed E-state index contributed by atoms with van der Waals surface area (Å²) in [7, 11) is 0. The monoisotopic (exact) mass is 483 g/mol. The Morgan fingerprint density at radius 1 is 1.00 bits per heavy atom. The van der Waals surface area contributed by atoms with Gasteiger partial charge < -0.3 is 19.5 Å². The maximum Gasteiger partial charge on any atom is 0.250 e. The van der Waals surface area contributed by atoms with Crippen molar-refractivity contribution in [2.75, 3.05) is 48.5 Å². The lowest BCUT2D eigenvalue weighted by Crippen LogP contribution is -2.36. The van der Waals surface area contributed by atoms with Gasteiger partial charge >= 0.3 is 0 Å². The highest BCUT2D eigenvalue weighted by Crippen LogP contribution is 2.52. The Balaban J connectivity index is 1.34. The standard InChI is InChI=1S/C24H22ClN3O2S2/c25-13-17-14-28(17)15-4-5-20-22(11-15)31-21-3-1-2-18(24(21)32-20)19-10-16(12-23(29)26-19)27-6-8-30-9-7-27/h1-5,10-12,17H,6-9,13-14H2,(H,26,29). The molecule has 2 aromatic carbocycles. The molecule has 2 saturated heterocycles. The second kappa shape index (κ2) is 8.37. The summed E-state index contributed by atoms with van der Waals surface area (Å²) in [5.74, 6) is 0.674. The van der Waals surface area contributed by atoms with Gasteiger partial charge in [0.15, 0.2) is 0 Å². The molecule has 2 fully saturated rings. The van der Waals surface area contributed by atoms with E-state index >= 15 is 0 Å². The molecule has 1 atom stereocenters. The molecule has 0 spiro atoms. The summed E-state index contributed by atoms with van der Waals surface area (Å²) in [6.07, 6.45) is 0. The number of benzene rings is 2. The number of nitrogens with one attached hydrogen (secondary N) is 1. The van der Waals surface area contributed by atoms with E-state index in [2.05, 4.69) is 57.2 Å². The number of halogens is 1. The molecule has 0 bridgehead atoms. The van der Waals surface area contributed by atoms with E-state index in [1.165, 1.54) is 25.3 Å². The minimum atomic E-state index is -0.0765. The van der Waals surface area contributed by atoms with Crippen molar-refractivity contribution >= 4 is 46.5 Å². The van der Waals surface area contributed by atoms with E-state index in [-0.39, 0.29) is 5.56 Å². The molecule has 164 valence electrons. The van der Waals surface area contributed by atoms with Crippen LogP contribution in [0.15, 0.2) is 72.9 Å². The molecule has 1 N–H and O–H groups in total. The number of morpholine rings is 1. The first kappa shape index (κ1) is 20.5. The first-order valence-corrected chi connectivity index (χ1v) is 12.9. The van der Waals surface area contributed by atoms with Crippen LogP contribution in [0.3, 0.4) is 0 Å². The third kappa shape index (κ3) is 3.81. The molecule has 5 nitrogen and oxygen atoms in total. The van der Waals surface area contributed by atoms with Gasteiger partial charge in [-0.1, -0.05) is 35.7 Å². The summed E-state index contributed by atoms with van der Waals surface area (Å²) < 4.78 is 5.47. The number of aromatic nitrogens is 1. The lowest BCUT2D eigenvalue weighted by atomic mass is 10.1. The molecule has 0 saturated carbocycles. The third-order valence-electron chi connectivity index (χ3n) is 6.06. The Kier molecular flexibility index (Phi) is 5.38. The van der Waals surface area contributed by atoms with Crippen molar-refractivity contribution in [2.45, 2.75) is 25.6 Å². The smallest absolute Gasteiger partial charge is 0.250 e. The van der Waals surface area contributed by atoms with Crippen molar-refractivity contribution in [3.8, 4) is 11.3 Å². The number of fused-ring (bicyclic) bond motifs is 2.